The first-order chi connectivity index (χ1) is 5.04. The molecule has 5 nitrogen and oxygen atoms in total. The standard InChI is InChI=1S/C5H10N2O3S/c1-7(5(6)10)2-3(8)11-4(2)9/h2-4,8-9H,1H3,(H2,6,10). The molecule has 64 valence electrons. The van der Waals surface area contributed by atoms with E-state index in [2.05, 4.69) is 0 Å². The number of hydrogen-bond acceptors (Lipinski definition) is 4. The molecule has 2 amide bonds. The minimum absolute atomic E-state index is 0.558. The molecular weight excluding hydrogens is 168 g/mol. The van der Waals surface area contributed by atoms with Gasteiger partial charge in [-0.1, -0.05) is 11.8 Å². The molecule has 0 aromatic carbocycles. The number of carbonyl (C=O) groups is 1. The third-order valence-electron chi connectivity index (χ3n) is 1.66. The van der Waals surface area contributed by atoms with E-state index in [0.717, 1.165) is 16.7 Å². The number of carbonyl (C=O) groups excluding carboxylic acids is 1. The van der Waals surface area contributed by atoms with E-state index in [4.69, 9.17) is 15.9 Å². The number of aliphatic hydroxyl groups is 2. The van der Waals surface area contributed by atoms with Crippen LogP contribution in [0.25, 0.3) is 0 Å². The molecule has 0 bridgehead atoms. The van der Waals surface area contributed by atoms with E-state index in [0.29, 0.717) is 0 Å². The lowest BCUT2D eigenvalue weighted by Gasteiger charge is -2.42. The second-order valence-electron chi connectivity index (χ2n) is 2.36. The fourth-order valence-corrected chi connectivity index (χ4v) is 1.88. The number of likely N-dealkylation sites (N-methyl/N-ethyl adjacent to an activating group) is 1. The number of primary amides is 1. The molecule has 1 aliphatic rings. The Morgan fingerprint density at radius 2 is 2.00 bits per heavy atom. The van der Waals surface area contributed by atoms with Gasteiger partial charge in [-0.15, -0.1) is 0 Å². The molecule has 1 fully saturated rings. The lowest BCUT2D eigenvalue weighted by molar-refractivity contribution is 0.0482. The van der Waals surface area contributed by atoms with Gasteiger partial charge < -0.3 is 20.8 Å². The van der Waals surface area contributed by atoms with E-state index in [-0.39, 0.29) is 0 Å². The van der Waals surface area contributed by atoms with Crippen molar-refractivity contribution in [3.8, 4) is 0 Å². The lowest BCUT2D eigenvalue weighted by Crippen LogP contribution is -2.58. The predicted molar refractivity (Wildman–Crippen MR) is 40.7 cm³/mol. The van der Waals surface area contributed by atoms with E-state index in [1.165, 1.54) is 7.05 Å². The van der Waals surface area contributed by atoms with Crippen molar-refractivity contribution in [1.29, 1.82) is 0 Å². The first kappa shape index (κ1) is 8.63. The van der Waals surface area contributed by atoms with Crippen LogP contribution in [-0.2, 0) is 0 Å². The van der Waals surface area contributed by atoms with Gasteiger partial charge in [-0.3, -0.25) is 0 Å². The summed E-state index contributed by atoms with van der Waals surface area (Å²) >= 11 is 0.999. The number of nitrogens with two attached hydrogens (primary N) is 1. The molecule has 0 radical (unpaired) electrons. The molecule has 0 saturated carbocycles. The Bertz CT molecular complexity index is 169. The molecule has 2 unspecified atom stereocenters. The summed E-state index contributed by atoms with van der Waals surface area (Å²) in [5, 5.41) is 18.1. The van der Waals surface area contributed by atoms with Crippen molar-refractivity contribution >= 4 is 17.8 Å². The number of hydrogen-bond donors (Lipinski definition) is 3. The Kier molecular flexibility index (Phi) is 2.26. The summed E-state index contributed by atoms with van der Waals surface area (Å²) in [6, 6.07) is -1.20. The van der Waals surface area contributed by atoms with Crippen molar-refractivity contribution in [2.45, 2.75) is 16.9 Å². The van der Waals surface area contributed by atoms with Gasteiger partial charge in [0.2, 0.25) is 0 Å². The highest BCUT2D eigenvalue weighted by Gasteiger charge is 2.43. The average molecular weight is 178 g/mol. The predicted octanol–water partition coefficient (Wildman–Crippen LogP) is -1.25. The smallest absolute Gasteiger partial charge is 0.315 e. The molecular formula is C5H10N2O3S. The number of rotatable bonds is 1. The van der Waals surface area contributed by atoms with Crippen LogP contribution in [0.5, 0.6) is 0 Å². The largest absolute Gasteiger partial charge is 0.380 e. The molecule has 1 rings (SSSR count). The molecule has 6 heteroatoms. The van der Waals surface area contributed by atoms with Crippen LogP contribution in [0.15, 0.2) is 0 Å². The van der Waals surface area contributed by atoms with E-state index < -0.39 is 22.9 Å². The molecule has 0 spiro atoms. The summed E-state index contributed by atoms with van der Waals surface area (Å²) in [6.45, 7) is 0. The maximum atomic E-state index is 10.5. The normalized spacial score (nSPS) is 36.1. The van der Waals surface area contributed by atoms with Crippen LogP contribution in [0.3, 0.4) is 0 Å². The summed E-state index contributed by atoms with van der Waals surface area (Å²) in [5.41, 5.74) is 3.49. The lowest BCUT2D eigenvalue weighted by atomic mass is 10.3. The van der Waals surface area contributed by atoms with Crippen molar-refractivity contribution in [1.82, 2.24) is 4.90 Å². The molecule has 1 aliphatic heterocycles. The average Bonchev–Trinajstić information content (AvgIpc) is 1.86. The second-order valence-corrected chi connectivity index (χ2v) is 3.60. The number of nitrogens with zero attached hydrogens (tertiary/aromatic N) is 1. The van der Waals surface area contributed by atoms with Crippen LogP contribution in [-0.4, -0.2) is 45.1 Å². The Labute approximate surface area is 68.2 Å². The van der Waals surface area contributed by atoms with Crippen LogP contribution >= 0.6 is 11.8 Å². The Morgan fingerprint density at radius 1 is 1.55 bits per heavy atom. The van der Waals surface area contributed by atoms with Crippen molar-refractivity contribution in [2.75, 3.05) is 7.05 Å². The molecule has 1 heterocycles. The fraction of sp³-hybridized carbons (Fsp3) is 0.800. The van der Waals surface area contributed by atoms with Gasteiger partial charge in [0.15, 0.2) is 0 Å². The second kappa shape index (κ2) is 2.88. The van der Waals surface area contributed by atoms with E-state index in [1.807, 2.05) is 0 Å². The molecule has 4 N–H and O–H groups in total. The SMILES string of the molecule is CN(C(N)=O)C1C(O)SC1O. The summed E-state index contributed by atoms with van der Waals surface area (Å²) in [5.74, 6) is 0. The Hall–Kier alpha value is -0.460. The highest BCUT2D eigenvalue weighted by Crippen LogP contribution is 2.35. The summed E-state index contributed by atoms with van der Waals surface area (Å²) in [7, 11) is 1.44. The zero-order chi connectivity index (χ0) is 8.59. The van der Waals surface area contributed by atoms with E-state index >= 15 is 0 Å². The van der Waals surface area contributed by atoms with Crippen LogP contribution in [0, 0.1) is 0 Å². The number of amides is 2. The zero-order valence-corrected chi connectivity index (χ0v) is 6.78. The van der Waals surface area contributed by atoms with Gasteiger partial charge in [0.1, 0.15) is 16.9 Å². The van der Waals surface area contributed by atoms with Crippen molar-refractivity contribution in [3.63, 3.8) is 0 Å². The van der Waals surface area contributed by atoms with Crippen molar-refractivity contribution in [3.05, 3.63) is 0 Å². The third-order valence-corrected chi connectivity index (χ3v) is 2.77. The topological polar surface area (TPSA) is 86.8 Å². The van der Waals surface area contributed by atoms with Gasteiger partial charge in [-0.05, 0) is 0 Å². The van der Waals surface area contributed by atoms with Gasteiger partial charge in [0.25, 0.3) is 0 Å². The highest BCUT2D eigenvalue weighted by molar-refractivity contribution is 8.01. The maximum Gasteiger partial charge on any atom is 0.315 e. The Morgan fingerprint density at radius 3 is 2.18 bits per heavy atom. The van der Waals surface area contributed by atoms with Crippen LogP contribution in [0.4, 0.5) is 4.79 Å². The monoisotopic (exact) mass is 178 g/mol. The minimum Gasteiger partial charge on any atom is -0.380 e. The van der Waals surface area contributed by atoms with Crippen LogP contribution < -0.4 is 5.73 Å². The zero-order valence-electron chi connectivity index (χ0n) is 5.97. The molecule has 0 aliphatic carbocycles. The van der Waals surface area contributed by atoms with Crippen molar-refractivity contribution in [2.24, 2.45) is 5.73 Å². The summed E-state index contributed by atoms with van der Waals surface area (Å²) in [4.78, 5) is 11.7. The summed E-state index contributed by atoms with van der Waals surface area (Å²) in [6.07, 6.45) is 0. The molecule has 11 heavy (non-hydrogen) atoms. The highest BCUT2D eigenvalue weighted by atomic mass is 32.2. The van der Waals surface area contributed by atoms with Crippen LogP contribution in [0.2, 0.25) is 0 Å². The maximum absolute atomic E-state index is 10.5. The number of thioether (sulfide) groups is 1. The third kappa shape index (κ3) is 1.42. The Balaban J connectivity index is 2.52. The van der Waals surface area contributed by atoms with E-state index in [9.17, 15) is 4.79 Å². The fourth-order valence-electron chi connectivity index (χ4n) is 0.885. The van der Waals surface area contributed by atoms with E-state index in [1.54, 1.807) is 0 Å². The first-order valence-electron chi connectivity index (χ1n) is 3.08. The van der Waals surface area contributed by atoms with Gasteiger partial charge in [-0.25, -0.2) is 4.79 Å². The van der Waals surface area contributed by atoms with Gasteiger partial charge in [0.05, 0.1) is 0 Å². The number of urea groups is 1. The van der Waals surface area contributed by atoms with Gasteiger partial charge >= 0.3 is 6.03 Å². The molecule has 0 aromatic rings. The quantitative estimate of drug-likeness (QED) is 0.468. The van der Waals surface area contributed by atoms with Gasteiger partial charge in [0, 0.05) is 7.05 Å². The molecule has 2 atom stereocenters. The summed E-state index contributed by atoms with van der Waals surface area (Å²) < 4.78 is 0. The molecule has 0 aromatic heterocycles. The first-order valence-corrected chi connectivity index (χ1v) is 4.02. The van der Waals surface area contributed by atoms with Crippen molar-refractivity contribution < 1.29 is 15.0 Å². The minimum atomic E-state index is -0.720. The van der Waals surface area contributed by atoms with Gasteiger partial charge in [-0.2, -0.15) is 0 Å². The molecule has 1 saturated heterocycles. The van der Waals surface area contributed by atoms with Crippen LogP contribution in [0.1, 0.15) is 0 Å². The number of aliphatic hydroxyl groups excluding tert-OH is 2.